The highest BCUT2D eigenvalue weighted by atomic mass is 32.2. The molecule has 20 heavy (non-hydrogen) atoms. The first-order valence-electron chi connectivity index (χ1n) is 5.91. The Balaban J connectivity index is 1.88. The minimum absolute atomic E-state index is 0.175. The Morgan fingerprint density at radius 2 is 1.85 bits per heavy atom. The van der Waals surface area contributed by atoms with Crippen molar-refractivity contribution < 1.29 is 14.0 Å². The molecule has 0 saturated heterocycles. The maximum Gasteiger partial charge on any atom is 0.234 e. The summed E-state index contributed by atoms with van der Waals surface area (Å²) in [6, 6.07) is 12.9. The molecule has 1 N–H and O–H groups in total. The number of hydrogen-bond donors (Lipinski definition) is 1. The van der Waals surface area contributed by atoms with E-state index in [0.717, 1.165) is 11.2 Å². The molecule has 0 spiro atoms. The summed E-state index contributed by atoms with van der Waals surface area (Å²) >= 11 is 1.32. The lowest BCUT2D eigenvalue weighted by atomic mass is 10.2. The summed E-state index contributed by atoms with van der Waals surface area (Å²) in [5, 5.41) is 2.51. The largest absolute Gasteiger partial charge is 0.323 e. The molecular weight excluding hydrogens is 277 g/mol. The average molecular weight is 289 g/mol. The lowest BCUT2D eigenvalue weighted by molar-refractivity contribution is -0.113. The summed E-state index contributed by atoms with van der Waals surface area (Å²) in [6.45, 7) is 0. The van der Waals surface area contributed by atoms with Crippen molar-refractivity contribution in [3.05, 3.63) is 59.9 Å². The van der Waals surface area contributed by atoms with Crippen LogP contribution in [0.15, 0.2) is 53.4 Å². The Kier molecular flexibility index (Phi) is 4.90. The molecule has 0 unspecified atom stereocenters. The topological polar surface area (TPSA) is 46.2 Å². The first-order chi connectivity index (χ1) is 9.69. The van der Waals surface area contributed by atoms with Gasteiger partial charge in [0, 0.05) is 10.5 Å². The van der Waals surface area contributed by atoms with E-state index in [9.17, 15) is 14.0 Å². The Morgan fingerprint density at radius 3 is 2.50 bits per heavy atom. The van der Waals surface area contributed by atoms with Gasteiger partial charge in [0.15, 0.2) is 0 Å². The highest BCUT2D eigenvalue weighted by molar-refractivity contribution is 8.00. The number of carbonyl (C=O) groups excluding carboxylic acids is 2. The number of anilines is 1. The number of benzene rings is 2. The van der Waals surface area contributed by atoms with E-state index in [4.69, 9.17) is 0 Å². The van der Waals surface area contributed by atoms with Gasteiger partial charge in [0.05, 0.1) is 11.4 Å². The molecule has 0 aliphatic carbocycles. The van der Waals surface area contributed by atoms with Gasteiger partial charge in [-0.1, -0.05) is 24.3 Å². The van der Waals surface area contributed by atoms with Crippen LogP contribution in [0.25, 0.3) is 0 Å². The number of halogens is 1. The zero-order chi connectivity index (χ0) is 14.4. The SMILES string of the molecule is O=Cc1ccc(SCC(=O)Nc2ccccc2F)cc1. The number of aldehydes is 1. The zero-order valence-electron chi connectivity index (χ0n) is 10.5. The third kappa shape index (κ3) is 3.93. The molecule has 3 nitrogen and oxygen atoms in total. The van der Waals surface area contributed by atoms with Gasteiger partial charge in [0.25, 0.3) is 0 Å². The van der Waals surface area contributed by atoms with Crippen molar-refractivity contribution >= 4 is 29.6 Å². The zero-order valence-corrected chi connectivity index (χ0v) is 11.3. The molecule has 2 aromatic carbocycles. The fraction of sp³-hybridized carbons (Fsp3) is 0.0667. The fourth-order valence-electron chi connectivity index (χ4n) is 1.54. The van der Waals surface area contributed by atoms with Gasteiger partial charge in [-0.15, -0.1) is 11.8 Å². The first-order valence-corrected chi connectivity index (χ1v) is 6.90. The van der Waals surface area contributed by atoms with Crippen molar-refractivity contribution in [2.75, 3.05) is 11.1 Å². The average Bonchev–Trinajstić information content (AvgIpc) is 2.48. The summed E-state index contributed by atoms with van der Waals surface area (Å²) in [5.74, 6) is -0.560. The molecule has 0 aliphatic rings. The molecule has 0 radical (unpaired) electrons. The maximum absolute atomic E-state index is 13.3. The Bertz CT molecular complexity index is 614. The highest BCUT2D eigenvalue weighted by Crippen LogP contribution is 2.19. The third-order valence-corrected chi connectivity index (χ3v) is 3.55. The van der Waals surface area contributed by atoms with E-state index in [1.165, 1.54) is 23.9 Å². The highest BCUT2D eigenvalue weighted by Gasteiger charge is 2.06. The van der Waals surface area contributed by atoms with Crippen LogP contribution in [-0.4, -0.2) is 17.9 Å². The predicted molar refractivity (Wildman–Crippen MR) is 77.6 cm³/mol. The normalized spacial score (nSPS) is 10.1. The molecule has 0 fully saturated rings. The molecular formula is C15H12FNO2S. The minimum atomic E-state index is -0.457. The van der Waals surface area contributed by atoms with Crippen molar-refractivity contribution in [2.45, 2.75) is 4.90 Å². The van der Waals surface area contributed by atoms with Gasteiger partial charge in [-0.3, -0.25) is 9.59 Å². The van der Waals surface area contributed by atoms with E-state index in [0.29, 0.717) is 5.56 Å². The van der Waals surface area contributed by atoms with Gasteiger partial charge in [0.1, 0.15) is 12.1 Å². The molecule has 0 aromatic heterocycles. The van der Waals surface area contributed by atoms with E-state index < -0.39 is 5.82 Å². The molecule has 1 amide bonds. The van der Waals surface area contributed by atoms with Crippen LogP contribution in [0.1, 0.15) is 10.4 Å². The van der Waals surface area contributed by atoms with Crippen LogP contribution < -0.4 is 5.32 Å². The van der Waals surface area contributed by atoms with E-state index >= 15 is 0 Å². The Morgan fingerprint density at radius 1 is 1.15 bits per heavy atom. The summed E-state index contributed by atoms with van der Waals surface area (Å²) < 4.78 is 13.3. The summed E-state index contributed by atoms with van der Waals surface area (Å²) in [7, 11) is 0. The fourth-order valence-corrected chi connectivity index (χ4v) is 2.24. The van der Waals surface area contributed by atoms with Crippen molar-refractivity contribution in [3.8, 4) is 0 Å². The second kappa shape index (κ2) is 6.86. The summed E-state index contributed by atoms with van der Waals surface area (Å²) in [6.07, 6.45) is 0.763. The van der Waals surface area contributed by atoms with Gasteiger partial charge < -0.3 is 5.32 Å². The van der Waals surface area contributed by atoms with Gasteiger partial charge in [0.2, 0.25) is 5.91 Å². The minimum Gasteiger partial charge on any atom is -0.323 e. The van der Waals surface area contributed by atoms with Crippen LogP contribution in [0.2, 0.25) is 0 Å². The predicted octanol–water partition coefficient (Wildman–Crippen LogP) is 3.37. The monoisotopic (exact) mass is 289 g/mol. The Hall–Kier alpha value is -2.14. The van der Waals surface area contributed by atoms with Gasteiger partial charge in [-0.05, 0) is 24.3 Å². The Labute approximate surface area is 120 Å². The number of rotatable bonds is 5. The van der Waals surface area contributed by atoms with Crippen LogP contribution in [0, 0.1) is 5.82 Å². The number of hydrogen-bond acceptors (Lipinski definition) is 3. The second-order valence-corrected chi connectivity index (χ2v) is 5.05. The van der Waals surface area contributed by atoms with Crippen LogP contribution in [0.3, 0.4) is 0 Å². The second-order valence-electron chi connectivity index (χ2n) is 4.00. The number of thioether (sulfide) groups is 1. The van der Waals surface area contributed by atoms with Crippen molar-refractivity contribution in [3.63, 3.8) is 0 Å². The summed E-state index contributed by atoms with van der Waals surface area (Å²) in [4.78, 5) is 23.1. The molecule has 2 aromatic rings. The van der Waals surface area contributed by atoms with Crippen molar-refractivity contribution in [1.29, 1.82) is 0 Å². The molecule has 0 aliphatic heterocycles. The van der Waals surface area contributed by atoms with Gasteiger partial charge >= 0.3 is 0 Å². The van der Waals surface area contributed by atoms with Crippen LogP contribution in [-0.2, 0) is 4.79 Å². The third-order valence-electron chi connectivity index (χ3n) is 2.53. The van der Waals surface area contributed by atoms with Crippen LogP contribution in [0.4, 0.5) is 10.1 Å². The van der Waals surface area contributed by atoms with E-state index in [2.05, 4.69) is 5.32 Å². The molecule has 0 atom stereocenters. The molecule has 102 valence electrons. The van der Waals surface area contributed by atoms with Crippen molar-refractivity contribution in [1.82, 2.24) is 0 Å². The quantitative estimate of drug-likeness (QED) is 0.678. The summed E-state index contributed by atoms with van der Waals surface area (Å²) in [5.41, 5.74) is 0.763. The van der Waals surface area contributed by atoms with E-state index in [1.807, 2.05) is 0 Å². The van der Waals surface area contributed by atoms with Crippen LogP contribution >= 0.6 is 11.8 Å². The smallest absolute Gasteiger partial charge is 0.234 e. The van der Waals surface area contributed by atoms with Gasteiger partial charge in [-0.2, -0.15) is 0 Å². The molecule has 2 rings (SSSR count). The molecule has 5 heteroatoms. The first kappa shape index (κ1) is 14.3. The number of carbonyl (C=O) groups is 2. The lowest BCUT2D eigenvalue weighted by Crippen LogP contribution is -2.14. The van der Waals surface area contributed by atoms with Crippen molar-refractivity contribution in [2.24, 2.45) is 0 Å². The number of nitrogens with one attached hydrogen (secondary N) is 1. The number of para-hydroxylation sites is 1. The maximum atomic E-state index is 13.3. The van der Waals surface area contributed by atoms with E-state index in [-0.39, 0.29) is 17.3 Å². The molecule has 0 bridgehead atoms. The molecule has 0 saturated carbocycles. The lowest BCUT2D eigenvalue weighted by Gasteiger charge is -2.06. The van der Waals surface area contributed by atoms with E-state index in [1.54, 1.807) is 36.4 Å². The number of amides is 1. The van der Waals surface area contributed by atoms with Crippen LogP contribution in [0.5, 0.6) is 0 Å². The molecule has 0 heterocycles. The van der Waals surface area contributed by atoms with Gasteiger partial charge in [-0.25, -0.2) is 4.39 Å². The standard InChI is InChI=1S/C15H12FNO2S/c16-13-3-1-2-4-14(13)17-15(19)10-20-12-7-5-11(9-18)6-8-12/h1-9H,10H2,(H,17,19).